The fourth-order valence-corrected chi connectivity index (χ4v) is 4.97. The van der Waals surface area contributed by atoms with E-state index >= 15 is 0 Å². The van der Waals surface area contributed by atoms with E-state index in [1.165, 1.54) is 11.3 Å². The summed E-state index contributed by atoms with van der Waals surface area (Å²) in [5.41, 5.74) is 7.58. The molecule has 2 aromatic carbocycles. The van der Waals surface area contributed by atoms with Crippen molar-refractivity contribution in [2.75, 3.05) is 5.43 Å². The number of rotatable bonds is 6. The third-order valence-corrected chi connectivity index (χ3v) is 6.76. The van der Waals surface area contributed by atoms with Crippen molar-refractivity contribution in [3.05, 3.63) is 81.3 Å². The first kappa shape index (κ1) is 21.2. The van der Waals surface area contributed by atoms with E-state index in [4.69, 9.17) is 16.7 Å². The first-order valence-corrected chi connectivity index (χ1v) is 11.0. The molecule has 2 aromatic heterocycles. The number of halogens is 1. The van der Waals surface area contributed by atoms with Gasteiger partial charge in [-0.05, 0) is 37.6 Å². The predicted octanol–water partition coefficient (Wildman–Crippen LogP) is 6.04. The third-order valence-electron chi connectivity index (χ3n) is 5.11. The van der Waals surface area contributed by atoms with Gasteiger partial charge in [0.25, 0.3) is 5.91 Å². The lowest BCUT2D eigenvalue weighted by Crippen LogP contribution is -2.25. The molecule has 2 N–H and O–H groups in total. The Balaban J connectivity index is 1.72. The third kappa shape index (κ3) is 4.36. The molecule has 5 nitrogen and oxygen atoms in total. The summed E-state index contributed by atoms with van der Waals surface area (Å²) in [7, 11) is 0. The summed E-state index contributed by atoms with van der Waals surface area (Å²) < 4.78 is 2.62. The Morgan fingerprint density at radius 1 is 1.03 bits per heavy atom. The molecule has 0 unspecified atom stereocenters. The maximum absolute atomic E-state index is 13.2. The number of aliphatic carboxylic acids is 1. The highest BCUT2D eigenvalue weighted by atomic mass is 35.5. The van der Waals surface area contributed by atoms with Gasteiger partial charge < -0.3 is 5.11 Å². The Hall–Kier alpha value is -3.09. The van der Waals surface area contributed by atoms with Crippen molar-refractivity contribution in [1.82, 2.24) is 4.68 Å². The second-order valence-corrected chi connectivity index (χ2v) is 8.92. The lowest BCUT2D eigenvalue weighted by Gasteiger charge is -2.15. The standard InChI is InChI=1S/C24H21ClN2O3S/c1-14-3-6-16(7-4-14)19-11-8-17(9-12-21(28)29)27(19)26-24(30)23-22(25)18-10-5-15(2)13-20(18)31-23/h3-8,10-11,13H,9,12H2,1-2H3,(H,26,30)(H,28,29). The molecule has 0 fully saturated rings. The van der Waals surface area contributed by atoms with E-state index < -0.39 is 5.97 Å². The van der Waals surface area contributed by atoms with Crippen LogP contribution >= 0.6 is 22.9 Å². The SMILES string of the molecule is Cc1ccc(-c2ccc(CCC(=O)O)n2NC(=O)c2sc3cc(C)ccc3c2Cl)cc1. The maximum Gasteiger partial charge on any atom is 0.303 e. The van der Waals surface area contributed by atoms with Crippen molar-refractivity contribution in [3.8, 4) is 11.3 Å². The summed E-state index contributed by atoms with van der Waals surface area (Å²) in [5, 5.41) is 10.4. The summed E-state index contributed by atoms with van der Waals surface area (Å²) in [4.78, 5) is 24.7. The van der Waals surface area contributed by atoms with E-state index in [2.05, 4.69) is 5.43 Å². The zero-order valence-electron chi connectivity index (χ0n) is 17.1. The molecule has 0 saturated heterocycles. The van der Waals surface area contributed by atoms with Gasteiger partial charge in [0, 0.05) is 27.8 Å². The van der Waals surface area contributed by atoms with Crippen LogP contribution in [0.2, 0.25) is 5.02 Å². The van der Waals surface area contributed by atoms with Gasteiger partial charge in [-0.15, -0.1) is 11.3 Å². The Bertz CT molecular complexity index is 1290. The Kier molecular flexibility index (Phi) is 5.85. The highest BCUT2D eigenvalue weighted by molar-refractivity contribution is 7.21. The minimum atomic E-state index is -0.890. The molecule has 0 aliphatic heterocycles. The first-order valence-electron chi connectivity index (χ1n) is 9.83. The summed E-state index contributed by atoms with van der Waals surface area (Å²) in [5.74, 6) is -1.22. The van der Waals surface area contributed by atoms with Crippen molar-refractivity contribution in [3.63, 3.8) is 0 Å². The molecule has 0 aliphatic carbocycles. The van der Waals surface area contributed by atoms with Gasteiger partial charge in [-0.1, -0.05) is 53.6 Å². The highest BCUT2D eigenvalue weighted by Gasteiger charge is 2.20. The fourth-order valence-electron chi connectivity index (χ4n) is 3.46. The Morgan fingerprint density at radius 2 is 1.74 bits per heavy atom. The van der Waals surface area contributed by atoms with E-state index in [1.54, 1.807) is 4.68 Å². The van der Waals surface area contributed by atoms with Gasteiger partial charge in [0.05, 0.1) is 17.1 Å². The lowest BCUT2D eigenvalue weighted by molar-refractivity contribution is -0.136. The molecule has 4 rings (SSSR count). The second-order valence-electron chi connectivity index (χ2n) is 7.49. The molecule has 7 heteroatoms. The van der Waals surface area contributed by atoms with Crippen LogP contribution in [0.3, 0.4) is 0 Å². The number of carboxylic acids is 1. The number of aryl methyl sites for hydroxylation is 3. The largest absolute Gasteiger partial charge is 0.481 e. The van der Waals surface area contributed by atoms with Crippen LogP contribution in [0.25, 0.3) is 21.3 Å². The van der Waals surface area contributed by atoms with E-state index in [0.29, 0.717) is 22.0 Å². The average Bonchev–Trinajstić information content (AvgIpc) is 3.27. The quantitative estimate of drug-likeness (QED) is 0.374. The van der Waals surface area contributed by atoms with Gasteiger partial charge in [0.1, 0.15) is 4.88 Å². The molecular formula is C24H21ClN2O3S. The molecule has 1 amide bonds. The number of carboxylic acid groups (broad SMARTS) is 1. The lowest BCUT2D eigenvalue weighted by atomic mass is 10.1. The van der Waals surface area contributed by atoms with E-state index in [9.17, 15) is 9.59 Å². The number of amides is 1. The van der Waals surface area contributed by atoms with Gasteiger partial charge in [0.2, 0.25) is 0 Å². The molecule has 2 heterocycles. The molecule has 0 spiro atoms. The van der Waals surface area contributed by atoms with Crippen LogP contribution < -0.4 is 5.43 Å². The van der Waals surface area contributed by atoms with Gasteiger partial charge in [0.15, 0.2) is 0 Å². The van der Waals surface area contributed by atoms with Crippen molar-refractivity contribution in [2.24, 2.45) is 0 Å². The normalized spacial score (nSPS) is 11.1. The monoisotopic (exact) mass is 452 g/mol. The Labute approximate surface area is 188 Å². The van der Waals surface area contributed by atoms with Crippen molar-refractivity contribution in [1.29, 1.82) is 0 Å². The van der Waals surface area contributed by atoms with E-state index in [-0.39, 0.29) is 12.3 Å². The number of nitrogens with one attached hydrogen (secondary N) is 1. The highest BCUT2D eigenvalue weighted by Crippen LogP contribution is 2.36. The molecule has 4 aromatic rings. The number of carbonyl (C=O) groups is 2. The smallest absolute Gasteiger partial charge is 0.303 e. The van der Waals surface area contributed by atoms with Crippen LogP contribution in [0, 0.1) is 13.8 Å². The van der Waals surface area contributed by atoms with Gasteiger partial charge in [-0.25, -0.2) is 0 Å². The number of fused-ring (bicyclic) bond motifs is 1. The summed E-state index contributed by atoms with van der Waals surface area (Å²) in [6.45, 7) is 4.00. The number of thiophene rings is 1. The predicted molar refractivity (Wildman–Crippen MR) is 126 cm³/mol. The van der Waals surface area contributed by atoms with Gasteiger partial charge >= 0.3 is 5.97 Å². The fraction of sp³-hybridized carbons (Fsp3) is 0.167. The molecule has 0 aliphatic rings. The summed E-state index contributed by atoms with van der Waals surface area (Å²) >= 11 is 7.87. The molecule has 31 heavy (non-hydrogen) atoms. The van der Waals surface area contributed by atoms with Crippen LogP contribution in [0.4, 0.5) is 0 Å². The van der Waals surface area contributed by atoms with E-state index in [0.717, 1.165) is 32.5 Å². The maximum atomic E-state index is 13.2. The zero-order valence-corrected chi connectivity index (χ0v) is 18.7. The molecule has 0 radical (unpaired) electrons. The topological polar surface area (TPSA) is 71.3 Å². The first-order chi connectivity index (χ1) is 14.8. The Morgan fingerprint density at radius 3 is 2.45 bits per heavy atom. The van der Waals surface area contributed by atoms with Crippen LogP contribution in [0.1, 0.15) is 32.9 Å². The molecule has 0 saturated carbocycles. The van der Waals surface area contributed by atoms with Crippen molar-refractivity contribution >= 4 is 44.9 Å². The van der Waals surface area contributed by atoms with Crippen LogP contribution in [-0.2, 0) is 11.2 Å². The van der Waals surface area contributed by atoms with Crippen molar-refractivity contribution in [2.45, 2.75) is 26.7 Å². The number of aromatic nitrogens is 1. The van der Waals surface area contributed by atoms with Gasteiger partial charge in [-0.2, -0.15) is 0 Å². The molecule has 158 valence electrons. The minimum absolute atomic E-state index is 0.0316. The van der Waals surface area contributed by atoms with Gasteiger partial charge in [-0.3, -0.25) is 19.7 Å². The zero-order chi connectivity index (χ0) is 22.1. The van der Waals surface area contributed by atoms with Crippen molar-refractivity contribution < 1.29 is 14.7 Å². The number of hydrogen-bond acceptors (Lipinski definition) is 3. The number of hydrogen-bond donors (Lipinski definition) is 2. The van der Waals surface area contributed by atoms with Crippen LogP contribution in [0.15, 0.2) is 54.6 Å². The number of nitrogens with zero attached hydrogens (tertiary/aromatic N) is 1. The minimum Gasteiger partial charge on any atom is -0.481 e. The molecular weight excluding hydrogens is 432 g/mol. The molecule has 0 atom stereocenters. The van der Waals surface area contributed by atoms with E-state index in [1.807, 2.05) is 68.4 Å². The second kappa shape index (κ2) is 8.57. The van der Waals surface area contributed by atoms with Crippen LogP contribution in [0.5, 0.6) is 0 Å². The summed E-state index contributed by atoms with van der Waals surface area (Å²) in [6.07, 6.45) is 0.261. The average molecular weight is 453 g/mol. The number of carbonyl (C=O) groups excluding carboxylic acids is 1. The molecule has 0 bridgehead atoms. The summed E-state index contributed by atoms with van der Waals surface area (Å²) in [6, 6.07) is 17.6. The number of benzene rings is 2. The van der Waals surface area contributed by atoms with Crippen LogP contribution in [-0.4, -0.2) is 21.7 Å².